The van der Waals surface area contributed by atoms with Gasteiger partial charge in [-0.1, -0.05) is 0 Å². The molecule has 0 aromatic carbocycles. The second-order valence-corrected chi connectivity index (χ2v) is 3.45. The zero-order valence-corrected chi connectivity index (χ0v) is 8.75. The molecular formula is C11H12N2O3. The van der Waals surface area contributed by atoms with Gasteiger partial charge < -0.3 is 14.9 Å². The minimum Gasteiger partial charge on any atom is -0.475 e. The van der Waals surface area contributed by atoms with E-state index in [0.717, 1.165) is 0 Å². The Bertz CT molecular complexity index is 473. The van der Waals surface area contributed by atoms with Crippen LogP contribution in [0.2, 0.25) is 0 Å². The van der Waals surface area contributed by atoms with E-state index < -0.39 is 5.97 Å². The lowest BCUT2D eigenvalue weighted by Gasteiger charge is -2.13. The van der Waals surface area contributed by atoms with Gasteiger partial charge in [0.15, 0.2) is 0 Å². The van der Waals surface area contributed by atoms with Crippen molar-refractivity contribution in [2.75, 3.05) is 5.43 Å². The number of nitrogens with one attached hydrogen (secondary N) is 1. The minimum atomic E-state index is -1.06. The molecule has 0 saturated heterocycles. The Hall–Kier alpha value is -2.17. The summed E-state index contributed by atoms with van der Waals surface area (Å²) in [7, 11) is 0. The van der Waals surface area contributed by atoms with Crippen LogP contribution >= 0.6 is 0 Å². The van der Waals surface area contributed by atoms with E-state index in [1.165, 1.54) is 6.07 Å². The van der Waals surface area contributed by atoms with Crippen LogP contribution in [0.4, 0.5) is 0 Å². The highest BCUT2D eigenvalue weighted by Crippen LogP contribution is 2.17. The second-order valence-electron chi connectivity index (χ2n) is 3.45. The van der Waals surface area contributed by atoms with Crippen molar-refractivity contribution in [2.45, 2.75) is 13.0 Å². The van der Waals surface area contributed by atoms with Gasteiger partial charge in [-0.05, 0) is 31.2 Å². The van der Waals surface area contributed by atoms with Gasteiger partial charge in [0, 0.05) is 12.4 Å². The molecule has 0 spiro atoms. The summed E-state index contributed by atoms with van der Waals surface area (Å²) in [6, 6.07) is 6.80. The van der Waals surface area contributed by atoms with Crippen LogP contribution in [0.3, 0.4) is 0 Å². The third kappa shape index (κ3) is 2.08. The molecule has 16 heavy (non-hydrogen) atoms. The summed E-state index contributed by atoms with van der Waals surface area (Å²) >= 11 is 0. The third-order valence-corrected chi connectivity index (χ3v) is 2.21. The number of carboxylic acids is 1. The van der Waals surface area contributed by atoms with Crippen LogP contribution in [0.1, 0.15) is 29.3 Å². The number of rotatable bonds is 4. The molecule has 0 amide bonds. The molecule has 2 rings (SSSR count). The van der Waals surface area contributed by atoms with Crippen LogP contribution in [-0.2, 0) is 0 Å². The van der Waals surface area contributed by atoms with E-state index in [-0.39, 0.29) is 11.8 Å². The summed E-state index contributed by atoms with van der Waals surface area (Å²) in [5.74, 6) is -0.512. The van der Waals surface area contributed by atoms with Crippen LogP contribution < -0.4 is 5.43 Å². The standard InChI is InChI=1S/C11H12N2O3/c1-8(12-13-6-2-3-7-13)9-4-5-10(16-9)11(14)15/h2-8,12H,1H3,(H,14,15). The Morgan fingerprint density at radius 2 is 2.12 bits per heavy atom. The predicted octanol–water partition coefficient (Wildman–Crippen LogP) is 2.08. The SMILES string of the molecule is CC(Nn1cccc1)c1ccc(C(=O)O)o1. The van der Waals surface area contributed by atoms with E-state index in [1.54, 1.807) is 10.7 Å². The van der Waals surface area contributed by atoms with E-state index in [4.69, 9.17) is 9.52 Å². The van der Waals surface area contributed by atoms with Crippen LogP contribution in [0.15, 0.2) is 41.1 Å². The summed E-state index contributed by atoms with van der Waals surface area (Å²) in [6.07, 6.45) is 3.72. The molecule has 0 aliphatic carbocycles. The zero-order valence-electron chi connectivity index (χ0n) is 8.75. The number of carboxylic acid groups (broad SMARTS) is 1. The summed E-state index contributed by atoms with van der Waals surface area (Å²) < 4.78 is 6.97. The summed E-state index contributed by atoms with van der Waals surface area (Å²) in [5, 5.41) is 8.72. The molecule has 2 aromatic heterocycles. The van der Waals surface area contributed by atoms with Crippen LogP contribution in [0, 0.1) is 0 Å². The molecule has 0 saturated carbocycles. The first-order chi connectivity index (χ1) is 7.66. The van der Waals surface area contributed by atoms with Crippen molar-refractivity contribution in [3.05, 3.63) is 48.2 Å². The van der Waals surface area contributed by atoms with Crippen molar-refractivity contribution < 1.29 is 14.3 Å². The number of carbonyl (C=O) groups is 1. The van der Waals surface area contributed by atoms with Gasteiger partial charge in [-0.25, -0.2) is 4.79 Å². The molecule has 2 heterocycles. The smallest absolute Gasteiger partial charge is 0.371 e. The zero-order chi connectivity index (χ0) is 11.5. The van der Waals surface area contributed by atoms with E-state index in [2.05, 4.69) is 5.43 Å². The van der Waals surface area contributed by atoms with Crippen molar-refractivity contribution in [1.29, 1.82) is 0 Å². The molecule has 84 valence electrons. The third-order valence-electron chi connectivity index (χ3n) is 2.21. The number of aromatic carboxylic acids is 1. The largest absolute Gasteiger partial charge is 0.475 e. The first-order valence-corrected chi connectivity index (χ1v) is 4.89. The van der Waals surface area contributed by atoms with Gasteiger partial charge in [0.1, 0.15) is 5.76 Å². The predicted molar refractivity (Wildman–Crippen MR) is 57.9 cm³/mol. The summed E-state index contributed by atoms with van der Waals surface area (Å²) in [4.78, 5) is 10.6. The fraction of sp³-hybridized carbons (Fsp3) is 0.182. The fourth-order valence-corrected chi connectivity index (χ4v) is 1.41. The molecule has 5 heteroatoms. The van der Waals surface area contributed by atoms with Gasteiger partial charge in [0.25, 0.3) is 0 Å². The van der Waals surface area contributed by atoms with Crippen molar-refractivity contribution in [3.63, 3.8) is 0 Å². The second kappa shape index (κ2) is 4.14. The topological polar surface area (TPSA) is 67.4 Å². The molecule has 0 fully saturated rings. The summed E-state index contributed by atoms with van der Waals surface area (Å²) in [5.41, 5.74) is 3.12. The van der Waals surface area contributed by atoms with Crippen LogP contribution in [0.5, 0.6) is 0 Å². The summed E-state index contributed by atoms with van der Waals surface area (Å²) in [6.45, 7) is 1.89. The van der Waals surface area contributed by atoms with E-state index in [1.807, 2.05) is 31.5 Å². The lowest BCUT2D eigenvalue weighted by Crippen LogP contribution is -2.16. The average Bonchev–Trinajstić information content (AvgIpc) is 2.86. The Kier molecular flexibility index (Phi) is 2.68. The highest BCUT2D eigenvalue weighted by Gasteiger charge is 2.13. The minimum absolute atomic E-state index is 0.0452. The molecule has 0 radical (unpaired) electrons. The Labute approximate surface area is 92.3 Å². The lowest BCUT2D eigenvalue weighted by atomic mass is 10.3. The Balaban J connectivity index is 2.08. The van der Waals surface area contributed by atoms with Crippen molar-refractivity contribution in [1.82, 2.24) is 4.68 Å². The van der Waals surface area contributed by atoms with E-state index in [0.29, 0.717) is 5.76 Å². The number of hydrogen-bond donors (Lipinski definition) is 2. The monoisotopic (exact) mass is 220 g/mol. The molecular weight excluding hydrogens is 208 g/mol. The van der Waals surface area contributed by atoms with Crippen LogP contribution in [0.25, 0.3) is 0 Å². The van der Waals surface area contributed by atoms with Gasteiger partial charge >= 0.3 is 5.97 Å². The molecule has 5 nitrogen and oxygen atoms in total. The first-order valence-electron chi connectivity index (χ1n) is 4.89. The maximum absolute atomic E-state index is 10.6. The van der Waals surface area contributed by atoms with Gasteiger partial charge in [0.2, 0.25) is 5.76 Å². The van der Waals surface area contributed by atoms with Gasteiger partial charge in [-0.15, -0.1) is 0 Å². The van der Waals surface area contributed by atoms with E-state index >= 15 is 0 Å². The normalized spacial score (nSPS) is 12.3. The Morgan fingerprint density at radius 3 is 2.69 bits per heavy atom. The molecule has 0 aliphatic rings. The Morgan fingerprint density at radius 1 is 1.44 bits per heavy atom. The lowest BCUT2D eigenvalue weighted by molar-refractivity contribution is 0.0660. The van der Waals surface area contributed by atoms with Crippen molar-refractivity contribution in [3.8, 4) is 0 Å². The average molecular weight is 220 g/mol. The van der Waals surface area contributed by atoms with Crippen molar-refractivity contribution in [2.24, 2.45) is 0 Å². The molecule has 2 N–H and O–H groups in total. The van der Waals surface area contributed by atoms with Crippen LogP contribution in [-0.4, -0.2) is 15.8 Å². The highest BCUT2D eigenvalue weighted by atomic mass is 16.4. The van der Waals surface area contributed by atoms with Crippen molar-refractivity contribution >= 4 is 5.97 Å². The maximum Gasteiger partial charge on any atom is 0.371 e. The molecule has 0 bridgehead atoms. The van der Waals surface area contributed by atoms with Gasteiger partial charge in [0.05, 0.1) is 6.04 Å². The van der Waals surface area contributed by atoms with Gasteiger partial charge in [-0.2, -0.15) is 0 Å². The quantitative estimate of drug-likeness (QED) is 0.827. The number of hydrogen-bond acceptors (Lipinski definition) is 3. The number of nitrogens with zero attached hydrogens (tertiary/aromatic N) is 1. The number of aromatic nitrogens is 1. The number of furan rings is 1. The molecule has 1 unspecified atom stereocenters. The van der Waals surface area contributed by atoms with E-state index in [9.17, 15) is 4.79 Å². The maximum atomic E-state index is 10.6. The fourth-order valence-electron chi connectivity index (χ4n) is 1.41. The molecule has 2 aromatic rings. The van der Waals surface area contributed by atoms with Gasteiger partial charge in [-0.3, -0.25) is 4.68 Å². The first kappa shape index (κ1) is 10.4. The molecule has 1 atom stereocenters. The highest BCUT2D eigenvalue weighted by molar-refractivity contribution is 5.84. The molecule has 0 aliphatic heterocycles.